The summed E-state index contributed by atoms with van der Waals surface area (Å²) in [5.74, 6) is -0.156. The highest BCUT2D eigenvalue weighted by atomic mass is 35.5. The zero-order valence-electron chi connectivity index (χ0n) is 12.5. The summed E-state index contributed by atoms with van der Waals surface area (Å²) in [4.78, 5) is 20.4. The van der Waals surface area contributed by atoms with Gasteiger partial charge in [0.15, 0.2) is 5.82 Å². The number of hydrogen-bond acceptors (Lipinski definition) is 3. The summed E-state index contributed by atoms with van der Waals surface area (Å²) in [5, 5.41) is 3.44. The van der Waals surface area contributed by atoms with E-state index in [1.807, 2.05) is 12.1 Å². The Hall–Kier alpha value is -2.79. The van der Waals surface area contributed by atoms with Crippen LogP contribution in [0, 0.1) is 5.82 Å². The van der Waals surface area contributed by atoms with Gasteiger partial charge in [-0.3, -0.25) is 4.79 Å². The first kappa shape index (κ1) is 16.1. The molecule has 120 valence electrons. The summed E-state index contributed by atoms with van der Waals surface area (Å²) < 4.78 is 12.9. The molecule has 2 aromatic carbocycles. The summed E-state index contributed by atoms with van der Waals surface area (Å²) >= 11 is 5.82. The van der Waals surface area contributed by atoms with Crippen molar-refractivity contribution in [3.63, 3.8) is 0 Å². The van der Waals surface area contributed by atoms with E-state index in [0.717, 1.165) is 5.56 Å². The summed E-state index contributed by atoms with van der Waals surface area (Å²) in [6.45, 7) is 0.385. The van der Waals surface area contributed by atoms with Gasteiger partial charge in [0.05, 0.1) is 5.56 Å². The maximum Gasteiger partial charge on any atom is 0.254 e. The van der Waals surface area contributed by atoms with Gasteiger partial charge in [0.25, 0.3) is 5.91 Å². The summed E-state index contributed by atoms with van der Waals surface area (Å²) in [5.41, 5.74) is 1.98. The maximum absolute atomic E-state index is 12.9. The van der Waals surface area contributed by atoms with Crippen molar-refractivity contribution in [1.82, 2.24) is 15.3 Å². The minimum atomic E-state index is -0.322. The first-order chi connectivity index (χ1) is 11.6. The molecule has 0 unspecified atom stereocenters. The second kappa shape index (κ2) is 7.19. The summed E-state index contributed by atoms with van der Waals surface area (Å²) in [7, 11) is 0. The molecule has 0 spiro atoms. The third-order valence-corrected chi connectivity index (χ3v) is 3.63. The third kappa shape index (κ3) is 3.94. The number of benzene rings is 2. The molecule has 0 saturated heterocycles. The Bertz CT molecular complexity index is 834. The van der Waals surface area contributed by atoms with Gasteiger partial charge in [0.1, 0.15) is 5.82 Å². The Labute approximate surface area is 143 Å². The normalized spacial score (nSPS) is 10.4. The zero-order valence-corrected chi connectivity index (χ0v) is 13.3. The van der Waals surface area contributed by atoms with E-state index in [4.69, 9.17) is 11.6 Å². The molecule has 1 heterocycles. The summed E-state index contributed by atoms with van der Waals surface area (Å²) in [6.07, 6.45) is 2.89. The lowest BCUT2D eigenvalue weighted by molar-refractivity contribution is 0.0950. The third-order valence-electron chi connectivity index (χ3n) is 3.38. The molecule has 0 aliphatic heterocycles. The van der Waals surface area contributed by atoms with Crippen molar-refractivity contribution in [2.45, 2.75) is 6.54 Å². The van der Waals surface area contributed by atoms with Gasteiger partial charge in [-0.15, -0.1) is 0 Å². The van der Waals surface area contributed by atoms with E-state index in [9.17, 15) is 9.18 Å². The monoisotopic (exact) mass is 341 g/mol. The average molecular weight is 342 g/mol. The van der Waals surface area contributed by atoms with Gasteiger partial charge in [0.2, 0.25) is 0 Å². The molecule has 1 aromatic heterocycles. The van der Waals surface area contributed by atoms with Crippen molar-refractivity contribution in [1.29, 1.82) is 0 Å². The van der Waals surface area contributed by atoms with E-state index in [-0.39, 0.29) is 11.7 Å². The lowest BCUT2D eigenvalue weighted by Crippen LogP contribution is -2.23. The quantitative estimate of drug-likeness (QED) is 0.783. The Balaban J connectivity index is 1.65. The fourth-order valence-electron chi connectivity index (χ4n) is 2.08. The van der Waals surface area contributed by atoms with Crippen LogP contribution in [0.4, 0.5) is 4.39 Å². The average Bonchev–Trinajstić information content (AvgIpc) is 2.62. The van der Waals surface area contributed by atoms with E-state index in [1.165, 1.54) is 24.5 Å². The maximum atomic E-state index is 12.9. The van der Waals surface area contributed by atoms with Crippen LogP contribution in [0.2, 0.25) is 5.02 Å². The highest BCUT2D eigenvalue weighted by molar-refractivity contribution is 6.30. The van der Waals surface area contributed by atoms with Crippen molar-refractivity contribution in [3.8, 4) is 11.4 Å². The van der Waals surface area contributed by atoms with E-state index in [2.05, 4.69) is 15.3 Å². The van der Waals surface area contributed by atoms with Crippen LogP contribution >= 0.6 is 11.6 Å². The number of carbonyl (C=O) groups excluding carboxylic acids is 1. The SMILES string of the molecule is O=C(NCc1ccc(Cl)cc1)c1cnc(-c2ccc(F)cc2)nc1. The van der Waals surface area contributed by atoms with E-state index in [1.54, 1.807) is 24.3 Å². The summed E-state index contributed by atoms with van der Waals surface area (Å²) in [6, 6.07) is 13.1. The lowest BCUT2D eigenvalue weighted by Gasteiger charge is -2.06. The van der Waals surface area contributed by atoms with Crippen LogP contribution in [0.25, 0.3) is 11.4 Å². The van der Waals surface area contributed by atoms with Gasteiger partial charge in [0, 0.05) is 29.5 Å². The van der Waals surface area contributed by atoms with Crippen LogP contribution in [0.3, 0.4) is 0 Å². The molecular weight excluding hydrogens is 329 g/mol. The minimum absolute atomic E-state index is 0.268. The molecule has 0 saturated carbocycles. The second-order valence-electron chi connectivity index (χ2n) is 5.11. The largest absolute Gasteiger partial charge is 0.348 e. The number of amides is 1. The topological polar surface area (TPSA) is 54.9 Å². The number of nitrogens with one attached hydrogen (secondary N) is 1. The Morgan fingerprint density at radius 2 is 1.62 bits per heavy atom. The van der Waals surface area contributed by atoms with Gasteiger partial charge in [-0.25, -0.2) is 14.4 Å². The fraction of sp³-hybridized carbons (Fsp3) is 0.0556. The molecule has 0 fully saturated rings. The van der Waals surface area contributed by atoms with Crippen LogP contribution in [-0.2, 0) is 6.54 Å². The molecule has 6 heteroatoms. The second-order valence-corrected chi connectivity index (χ2v) is 5.55. The first-order valence-electron chi connectivity index (χ1n) is 7.22. The number of nitrogens with zero attached hydrogens (tertiary/aromatic N) is 2. The van der Waals surface area contributed by atoms with Crippen LogP contribution in [0.15, 0.2) is 60.9 Å². The van der Waals surface area contributed by atoms with E-state index >= 15 is 0 Å². The Kier molecular flexibility index (Phi) is 4.82. The number of aromatic nitrogens is 2. The highest BCUT2D eigenvalue weighted by Crippen LogP contribution is 2.15. The number of carbonyl (C=O) groups is 1. The van der Waals surface area contributed by atoms with Gasteiger partial charge < -0.3 is 5.32 Å². The molecule has 4 nitrogen and oxygen atoms in total. The standard InChI is InChI=1S/C18H13ClFN3O/c19-15-5-1-12(2-6-15)9-23-18(24)14-10-21-17(22-11-14)13-3-7-16(20)8-4-13/h1-8,10-11H,9H2,(H,23,24). The molecule has 0 atom stereocenters. The number of hydrogen-bond donors (Lipinski definition) is 1. The number of rotatable bonds is 4. The zero-order chi connectivity index (χ0) is 16.9. The predicted molar refractivity (Wildman–Crippen MR) is 90.0 cm³/mol. The smallest absolute Gasteiger partial charge is 0.254 e. The Morgan fingerprint density at radius 3 is 2.25 bits per heavy atom. The molecule has 3 rings (SSSR count). The van der Waals surface area contributed by atoms with Crippen molar-refractivity contribution in [3.05, 3.63) is 82.9 Å². The fourth-order valence-corrected chi connectivity index (χ4v) is 2.21. The van der Waals surface area contributed by atoms with Crippen LogP contribution in [-0.4, -0.2) is 15.9 Å². The van der Waals surface area contributed by atoms with Crippen molar-refractivity contribution >= 4 is 17.5 Å². The molecule has 3 aromatic rings. The predicted octanol–water partition coefficient (Wildman–Crippen LogP) is 3.87. The van der Waals surface area contributed by atoms with Gasteiger partial charge in [-0.2, -0.15) is 0 Å². The van der Waals surface area contributed by atoms with Crippen LogP contribution in [0.5, 0.6) is 0 Å². The van der Waals surface area contributed by atoms with Crippen molar-refractivity contribution in [2.24, 2.45) is 0 Å². The molecule has 0 bridgehead atoms. The van der Waals surface area contributed by atoms with Gasteiger partial charge in [-0.05, 0) is 42.0 Å². The minimum Gasteiger partial charge on any atom is -0.348 e. The van der Waals surface area contributed by atoms with E-state index < -0.39 is 0 Å². The van der Waals surface area contributed by atoms with E-state index in [0.29, 0.717) is 28.5 Å². The molecule has 1 amide bonds. The first-order valence-corrected chi connectivity index (χ1v) is 7.60. The molecule has 0 aliphatic carbocycles. The molecule has 1 N–H and O–H groups in total. The van der Waals surface area contributed by atoms with Crippen molar-refractivity contribution < 1.29 is 9.18 Å². The molecular formula is C18H13ClFN3O. The van der Waals surface area contributed by atoms with Gasteiger partial charge in [-0.1, -0.05) is 23.7 Å². The highest BCUT2D eigenvalue weighted by Gasteiger charge is 2.08. The van der Waals surface area contributed by atoms with Crippen LogP contribution in [0.1, 0.15) is 15.9 Å². The molecule has 24 heavy (non-hydrogen) atoms. The van der Waals surface area contributed by atoms with Gasteiger partial charge >= 0.3 is 0 Å². The molecule has 0 aliphatic rings. The Morgan fingerprint density at radius 1 is 1.00 bits per heavy atom. The number of halogens is 2. The van der Waals surface area contributed by atoms with Crippen LogP contribution < -0.4 is 5.32 Å². The van der Waals surface area contributed by atoms with Crippen molar-refractivity contribution in [2.75, 3.05) is 0 Å². The lowest BCUT2D eigenvalue weighted by atomic mass is 10.2. The molecule has 0 radical (unpaired) electrons.